The Morgan fingerprint density at radius 1 is 1.12 bits per heavy atom. The second-order valence-electron chi connectivity index (χ2n) is 8.65. The van der Waals surface area contributed by atoms with Crippen LogP contribution < -0.4 is 10.6 Å². The predicted molar refractivity (Wildman–Crippen MR) is 124 cm³/mol. The standard InChI is InChI=1S/C23H25BrF3N3O2S/c24-17-9-20(33-13-17)14-4-6-19(7-5-14)30-11-18(12-30)29-21(31)10-28-22(32)15-2-1-3-16(8-15)23(25,26)27/h1-3,8-9,13-14,18-19H,4-7,10-12H2,(H,28,32)(H,29,31). The summed E-state index contributed by atoms with van der Waals surface area (Å²) in [6, 6.07) is 6.94. The lowest BCUT2D eigenvalue weighted by atomic mass is 9.83. The molecule has 178 valence electrons. The van der Waals surface area contributed by atoms with Crippen LogP contribution in [0.4, 0.5) is 13.2 Å². The van der Waals surface area contributed by atoms with E-state index in [1.165, 1.54) is 29.9 Å². The molecule has 33 heavy (non-hydrogen) atoms. The summed E-state index contributed by atoms with van der Waals surface area (Å²) in [5, 5.41) is 7.41. The molecule has 2 aliphatic rings. The Kier molecular flexibility index (Phi) is 7.45. The highest BCUT2D eigenvalue weighted by atomic mass is 79.9. The van der Waals surface area contributed by atoms with Gasteiger partial charge in [0.25, 0.3) is 5.91 Å². The molecular weight excluding hydrogens is 519 g/mol. The third-order valence-electron chi connectivity index (χ3n) is 6.34. The van der Waals surface area contributed by atoms with E-state index in [2.05, 4.69) is 42.9 Å². The summed E-state index contributed by atoms with van der Waals surface area (Å²) in [7, 11) is 0. The van der Waals surface area contributed by atoms with Crippen LogP contribution >= 0.6 is 27.3 Å². The first-order valence-corrected chi connectivity index (χ1v) is 12.6. The van der Waals surface area contributed by atoms with Gasteiger partial charge in [0.2, 0.25) is 5.91 Å². The van der Waals surface area contributed by atoms with Crippen molar-refractivity contribution in [2.75, 3.05) is 19.6 Å². The number of hydrogen-bond acceptors (Lipinski definition) is 4. The number of amides is 2. The number of thiophene rings is 1. The van der Waals surface area contributed by atoms with E-state index in [0.29, 0.717) is 12.0 Å². The molecule has 0 radical (unpaired) electrons. The van der Waals surface area contributed by atoms with Crippen molar-refractivity contribution >= 4 is 39.1 Å². The summed E-state index contributed by atoms with van der Waals surface area (Å²) in [6.07, 6.45) is 0.116. The van der Waals surface area contributed by atoms with Crippen molar-refractivity contribution in [1.82, 2.24) is 15.5 Å². The number of hydrogen-bond donors (Lipinski definition) is 2. The molecule has 2 fully saturated rings. The molecule has 1 aromatic heterocycles. The lowest BCUT2D eigenvalue weighted by Crippen LogP contribution is -2.63. The minimum Gasteiger partial charge on any atom is -0.349 e. The number of benzene rings is 1. The number of rotatable bonds is 6. The minimum atomic E-state index is -4.52. The molecule has 1 aliphatic heterocycles. The fourth-order valence-electron chi connectivity index (χ4n) is 4.55. The van der Waals surface area contributed by atoms with Crippen molar-refractivity contribution in [3.63, 3.8) is 0 Å². The van der Waals surface area contributed by atoms with Crippen LogP contribution in [0.3, 0.4) is 0 Å². The summed E-state index contributed by atoms with van der Waals surface area (Å²) in [4.78, 5) is 28.1. The highest BCUT2D eigenvalue weighted by Crippen LogP contribution is 2.39. The Morgan fingerprint density at radius 2 is 1.85 bits per heavy atom. The van der Waals surface area contributed by atoms with E-state index in [1.807, 2.05) is 11.3 Å². The van der Waals surface area contributed by atoms with E-state index >= 15 is 0 Å². The SMILES string of the molecule is O=C(CNC(=O)c1cccc(C(F)(F)F)c1)NC1CN(C2CCC(c3cc(Br)cs3)CC2)C1. The van der Waals surface area contributed by atoms with Crippen LogP contribution in [0.25, 0.3) is 0 Å². The third-order valence-corrected chi connectivity index (χ3v) is 8.20. The first-order chi connectivity index (χ1) is 15.7. The quantitative estimate of drug-likeness (QED) is 0.550. The van der Waals surface area contributed by atoms with Crippen LogP contribution in [0.1, 0.15) is 52.4 Å². The Hall–Kier alpha value is -1.91. The number of nitrogens with zero attached hydrogens (tertiary/aromatic N) is 1. The second kappa shape index (κ2) is 10.1. The molecule has 0 unspecified atom stereocenters. The molecule has 1 saturated carbocycles. The molecule has 5 nitrogen and oxygen atoms in total. The Morgan fingerprint density at radius 3 is 2.48 bits per heavy atom. The first kappa shape index (κ1) is 24.2. The van der Waals surface area contributed by atoms with Crippen molar-refractivity contribution in [2.45, 2.75) is 49.9 Å². The molecule has 2 amide bonds. The van der Waals surface area contributed by atoms with Crippen LogP contribution in [0.5, 0.6) is 0 Å². The number of alkyl halides is 3. The zero-order valence-corrected chi connectivity index (χ0v) is 20.2. The molecule has 1 aromatic carbocycles. The van der Waals surface area contributed by atoms with Crippen molar-refractivity contribution < 1.29 is 22.8 Å². The third kappa shape index (κ3) is 6.16. The van der Waals surface area contributed by atoms with Gasteiger partial charge in [0.05, 0.1) is 18.2 Å². The van der Waals surface area contributed by atoms with E-state index in [9.17, 15) is 22.8 Å². The van der Waals surface area contributed by atoms with Gasteiger partial charge in [0, 0.05) is 39.4 Å². The molecule has 1 saturated heterocycles. The van der Waals surface area contributed by atoms with Crippen molar-refractivity contribution in [2.24, 2.45) is 0 Å². The normalized spacial score (nSPS) is 21.9. The fourth-order valence-corrected chi connectivity index (χ4v) is 6.17. The molecular formula is C23H25BrF3N3O2S. The van der Waals surface area contributed by atoms with Gasteiger partial charge in [-0.2, -0.15) is 13.2 Å². The maximum atomic E-state index is 12.8. The van der Waals surface area contributed by atoms with Crippen LogP contribution in [0, 0.1) is 0 Å². The molecule has 2 N–H and O–H groups in total. The van der Waals surface area contributed by atoms with Crippen molar-refractivity contribution in [3.05, 3.63) is 56.2 Å². The van der Waals surface area contributed by atoms with Crippen LogP contribution in [0.2, 0.25) is 0 Å². The number of carbonyl (C=O) groups is 2. The van der Waals surface area contributed by atoms with Gasteiger partial charge >= 0.3 is 6.18 Å². The van der Waals surface area contributed by atoms with Gasteiger partial charge in [0.1, 0.15) is 0 Å². The molecule has 2 heterocycles. The minimum absolute atomic E-state index is 0.0361. The van der Waals surface area contributed by atoms with E-state index in [0.717, 1.165) is 42.5 Å². The van der Waals surface area contributed by atoms with E-state index in [1.54, 1.807) is 0 Å². The number of halogens is 4. The van der Waals surface area contributed by atoms with E-state index < -0.39 is 17.6 Å². The van der Waals surface area contributed by atoms with Gasteiger partial charge in [-0.1, -0.05) is 6.07 Å². The average molecular weight is 544 g/mol. The van der Waals surface area contributed by atoms with Gasteiger partial charge in [-0.3, -0.25) is 14.5 Å². The number of nitrogens with one attached hydrogen (secondary N) is 2. The Labute approximate surface area is 202 Å². The predicted octanol–water partition coefficient (Wildman–Crippen LogP) is 4.79. The van der Waals surface area contributed by atoms with E-state index in [-0.39, 0.29) is 24.1 Å². The lowest BCUT2D eigenvalue weighted by Gasteiger charge is -2.46. The molecule has 0 spiro atoms. The maximum Gasteiger partial charge on any atom is 0.416 e. The van der Waals surface area contributed by atoms with Gasteiger partial charge in [0.15, 0.2) is 0 Å². The zero-order valence-electron chi connectivity index (χ0n) is 17.8. The molecule has 1 aliphatic carbocycles. The van der Waals surface area contributed by atoms with E-state index in [4.69, 9.17) is 0 Å². The highest BCUT2D eigenvalue weighted by molar-refractivity contribution is 9.10. The first-order valence-electron chi connectivity index (χ1n) is 10.9. The van der Waals surface area contributed by atoms with Crippen molar-refractivity contribution in [1.29, 1.82) is 0 Å². The molecule has 2 aromatic rings. The zero-order chi connectivity index (χ0) is 23.6. The van der Waals surface area contributed by atoms with Gasteiger partial charge in [-0.15, -0.1) is 11.3 Å². The highest BCUT2D eigenvalue weighted by Gasteiger charge is 2.35. The molecule has 10 heteroatoms. The number of likely N-dealkylation sites (tertiary alicyclic amines) is 1. The lowest BCUT2D eigenvalue weighted by molar-refractivity contribution is -0.137. The van der Waals surface area contributed by atoms with Gasteiger partial charge in [-0.05, 0) is 71.8 Å². The second-order valence-corrected chi connectivity index (χ2v) is 10.5. The van der Waals surface area contributed by atoms with Gasteiger partial charge in [-0.25, -0.2) is 0 Å². The average Bonchev–Trinajstić information content (AvgIpc) is 3.20. The van der Waals surface area contributed by atoms with Crippen LogP contribution in [-0.4, -0.2) is 48.4 Å². The monoisotopic (exact) mass is 543 g/mol. The Balaban J connectivity index is 1.15. The van der Waals surface area contributed by atoms with Crippen molar-refractivity contribution in [3.8, 4) is 0 Å². The smallest absolute Gasteiger partial charge is 0.349 e. The topological polar surface area (TPSA) is 61.4 Å². The summed E-state index contributed by atoms with van der Waals surface area (Å²) in [5.74, 6) is -0.414. The largest absolute Gasteiger partial charge is 0.416 e. The fraction of sp³-hybridized carbons (Fsp3) is 0.478. The summed E-state index contributed by atoms with van der Waals surface area (Å²) in [6.45, 7) is 1.30. The molecule has 4 rings (SSSR count). The maximum absolute atomic E-state index is 12.8. The van der Waals surface area contributed by atoms with Crippen LogP contribution in [0.15, 0.2) is 40.2 Å². The van der Waals surface area contributed by atoms with Crippen LogP contribution in [-0.2, 0) is 11.0 Å². The molecule has 0 atom stereocenters. The molecule has 0 bridgehead atoms. The summed E-state index contributed by atoms with van der Waals surface area (Å²) >= 11 is 5.34. The van der Waals surface area contributed by atoms with Gasteiger partial charge < -0.3 is 10.6 Å². The number of carbonyl (C=O) groups excluding carboxylic acids is 2. The Bertz CT molecular complexity index is 999. The summed E-state index contributed by atoms with van der Waals surface area (Å²) < 4.78 is 39.5. The summed E-state index contributed by atoms with van der Waals surface area (Å²) in [5.41, 5.74) is -1.02.